The highest BCUT2D eigenvalue weighted by molar-refractivity contribution is 7.15. The highest BCUT2D eigenvalue weighted by Gasteiger charge is 2.28. The Morgan fingerprint density at radius 2 is 2.44 bits per heavy atom. The first-order valence-corrected chi connectivity index (χ1v) is 6.38. The molecule has 0 bridgehead atoms. The molecule has 2 heterocycles. The van der Waals surface area contributed by atoms with Crippen LogP contribution in [-0.4, -0.2) is 46.7 Å². The van der Waals surface area contributed by atoms with Gasteiger partial charge in [-0.25, -0.2) is 4.98 Å². The molecule has 1 saturated heterocycles. The van der Waals surface area contributed by atoms with Gasteiger partial charge in [0.05, 0.1) is 6.54 Å². The van der Waals surface area contributed by atoms with E-state index in [0.717, 1.165) is 4.88 Å². The van der Waals surface area contributed by atoms with Crippen molar-refractivity contribution in [3.05, 3.63) is 15.5 Å². The molecule has 1 fully saturated rings. The molecule has 0 aromatic carbocycles. The number of hydrogen-bond acceptors (Lipinski definition) is 5. The maximum atomic E-state index is 11.9. The van der Waals surface area contributed by atoms with Crippen LogP contribution in [0.3, 0.4) is 0 Å². The number of amides is 1. The van der Waals surface area contributed by atoms with E-state index in [0.29, 0.717) is 24.1 Å². The van der Waals surface area contributed by atoms with Crippen LogP contribution in [0.15, 0.2) is 11.2 Å². The lowest BCUT2D eigenvalue weighted by Crippen LogP contribution is -2.52. The standard InChI is InChI=1S/C10H10ClN5OS/c1-15-2-3-16(8(9(15)17)14-6-12)5-7-4-13-10(11)18-7/h4H,2-3,5H2,1H3. The monoisotopic (exact) mass is 283 g/mol. The lowest BCUT2D eigenvalue weighted by atomic mass is 10.3. The summed E-state index contributed by atoms with van der Waals surface area (Å²) in [7, 11) is 1.69. The zero-order valence-electron chi connectivity index (χ0n) is 9.63. The Labute approximate surface area is 113 Å². The maximum Gasteiger partial charge on any atom is 0.290 e. The first-order valence-electron chi connectivity index (χ1n) is 5.19. The van der Waals surface area contributed by atoms with Crippen LogP contribution in [0.1, 0.15) is 4.88 Å². The number of nitriles is 1. The molecule has 1 aromatic heterocycles. The topological polar surface area (TPSA) is 72.6 Å². The Hall–Kier alpha value is -1.65. The van der Waals surface area contributed by atoms with Gasteiger partial charge in [-0.3, -0.25) is 4.79 Å². The molecule has 94 valence electrons. The van der Waals surface area contributed by atoms with Gasteiger partial charge in [-0.15, -0.1) is 16.3 Å². The van der Waals surface area contributed by atoms with Crippen molar-refractivity contribution >= 4 is 34.7 Å². The molecule has 2 rings (SSSR count). The molecule has 18 heavy (non-hydrogen) atoms. The Morgan fingerprint density at radius 1 is 1.67 bits per heavy atom. The van der Waals surface area contributed by atoms with Crippen LogP contribution in [0.5, 0.6) is 0 Å². The minimum atomic E-state index is -0.238. The van der Waals surface area contributed by atoms with Crippen LogP contribution < -0.4 is 0 Å². The van der Waals surface area contributed by atoms with Crippen LogP contribution in [0.2, 0.25) is 4.47 Å². The number of thiazole rings is 1. The van der Waals surface area contributed by atoms with Crippen LogP contribution in [0.4, 0.5) is 0 Å². The number of halogens is 1. The van der Waals surface area contributed by atoms with E-state index in [2.05, 4.69) is 9.98 Å². The molecule has 0 atom stereocenters. The number of amidine groups is 1. The molecule has 6 nitrogen and oxygen atoms in total. The Balaban J connectivity index is 2.19. The third-order valence-corrected chi connectivity index (χ3v) is 3.67. The van der Waals surface area contributed by atoms with Crippen LogP contribution in [-0.2, 0) is 11.3 Å². The van der Waals surface area contributed by atoms with Crippen molar-refractivity contribution in [3.8, 4) is 6.19 Å². The molecule has 1 aromatic rings. The van der Waals surface area contributed by atoms with Gasteiger partial charge in [0.2, 0.25) is 12.0 Å². The predicted octanol–water partition coefficient (Wildman–Crippen LogP) is 0.950. The summed E-state index contributed by atoms with van der Waals surface area (Å²) in [5.41, 5.74) is 0. The minimum absolute atomic E-state index is 0.177. The van der Waals surface area contributed by atoms with Crippen molar-refractivity contribution in [2.45, 2.75) is 6.54 Å². The molecule has 8 heteroatoms. The number of hydrogen-bond donors (Lipinski definition) is 0. The van der Waals surface area contributed by atoms with Gasteiger partial charge in [-0.1, -0.05) is 11.6 Å². The van der Waals surface area contributed by atoms with Gasteiger partial charge in [0.25, 0.3) is 5.91 Å². The molecule has 0 unspecified atom stereocenters. The molecule has 0 N–H and O–H groups in total. The summed E-state index contributed by atoms with van der Waals surface area (Å²) in [4.78, 5) is 23.7. The molecule has 0 spiro atoms. The number of rotatable bonds is 2. The Kier molecular flexibility index (Phi) is 3.79. The van der Waals surface area contributed by atoms with Crippen molar-refractivity contribution < 1.29 is 4.79 Å². The predicted molar refractivity (Wildman–Crippen MR) is 68.2 cm³/mol. The second-order valence-corrected chi connectivity index (χ2v) is 5.46. The van der Waals surface area contributed by atoms with Crippen molar-refractivity contribution in [3.63, 3.8) is 0 Å². The first-order chi connectivity index (χ1) is 8.61. The molecule has 0 radical (unpaired) electrons. The van der Waals surface area contributed by atoms with E-state index >= 15 is 0 Å². The summed E-state index contributed by atoms with van der Waals surface area (Å²) in [6.45, 7) is 1.73. The van der Waals surface area contributed by atoms with E-state index in [1.165, 1.54) is 11.3 Å². The van der Waals surface area contributed by atoms with E-state index in [1.54, 1.807) is 29.2 Å². The average Bonchev–Trinajstić information content (AvgIpc) is 2.74. The van der Waals surface area contributed by atoms with Crippen molar-refractivity contribution in [1.29, 1.82) is 5.26 Å². The average molecular weight is 284 g/mol. The van der Waals surface area contributed by atoms with Gasteiger partial charge >= 0.3 is 0 Å². The highest BCUT2D eigenvalue weighted by atomic mass is 35.5. The summed E-state index contributed by atoms with van der Waals surface area (Å²) >= 11 is 7.11. The van der Waals surface area contributed by atoms with Gasteiger partial charge in [0.15, 0.2) is 4.47 Å². The molecule has 1 aliphatic heterocycles. The summed E-state index contributed by atoms with van der Waals surface area (Å²) in [6.07, 6.45) is 3.34. The quantitative estimate of drug-likeness (QED) is 0.758. The summed E-state index contributed by atoms with van der Waals surface area (Å²) in [6, 6.07) is 0. The second-order valence-electron chi connectivity index (χ2n) is 3.76. The van der Waals surface area contributed by atoms with E-state index in [9.17, 15) is 4.79 Å². The molecular formula is C10H10ClN5OS. The summed E-state index contributed by atoms with van der Waals surface area (Å²) in [5.74, 6) is -0.0609. The lowest BCUT2D eigenvalue weighted by Gasteiger charge is -2.33. The number of likely N-dealkylation sites (N-methyl/N-ethyl adjacent to an activating group) is 1. The largest absolute Gasteiger partial charge is 0.344 e. The molecular weight excluding hydrogens is 274 g/mol. The van der Waals surface area contributed by atoms with Crippen molar-refractivity contribution in [2.75, 3.05) is 20.1 Å². The van der Waals surface area contributed by atoms with E-state index < -0.39 is 0 Å². The summed E-state index contributed by atoms with van der Waals surface area (Å²) in [5, 5.41) is 8.64. The number of piperazine rings is 1. The van der Waals surface area contributed by atoms with Gasteiger partial charge in [-0.05, 0) is 0 Å². The van der Waals surface area contributed by atoms with Crippen molar-refractivity contribution in [2.24, 2.45) is 4.99 Å². The first kappa shape index (κ1) is 12.8. The lowest BCUT2D eigenvalue weighted by molar-refractivity contribution is -0.125. The highest BCUT2D eigenvalue weighted by Crippen LogP contribution is 2.20. The van der Waals surface area contributed by atoms with Crippen LogP contribution in [0.25, 0.3) is 0 Å². The Bertz CT molecular complexity index is 535. The molecule has 1 amide bonds. The zero-order chi connectivity index (χ0) is 13.1. The third kappa shape index (κ3) is 2.60. The number of aliphatic imine (C=N–C) groups is 1. The van der Waals surface area contributed by atoms with E-state index in [-0.39, 0.29) is 11.7 Å². The smallest absolute Gasteiger partial charge is 0.290 e. The SMILES string of the molecule is CN1CCN(Cc2cnc(Cl)s2)C(=NC#N)C1=O. The zero-order valence-corrected chi connectivity index (χ0v) is 11.2. The summed E-state index contributed by atoms with van der Waals surface area (Å²) < 4.78 is 0.462. The number of carbonyl (C=O) groups excluding carboxylic acids is 1. The number of nitrogens with zero attached hydrogens (tertiary/aromatic N) is 5. The minimum Gasteiger partial charge on any atom is -0.344 e. The van der Waals surface area contributed by atoms with Gasteiger partial charge in [0.1, 0.15) is 0 Å². The van der Waals surface area contributed by atoms with Gasteiger partial charge in [-0.2, -0.15) is 5.26 Å². The van der Waals surface area contributed by atoms with E-state index in [4.69, 9.17) is 16.9 Å². The third-order valence-electron chi connectivity index (χ3n) is 2.57. The second kappa shape index (κ2) is 5.33. The van der Waals surface area contributed by atoms with Crippen LogP contribution in [0, 0.1) is 11.5 Å². The maximum absolute atomic E-state index is 11.9. The number of aromatic nitrogens is 1. The molecule has 0 aliphatic carbocycles. The fourth-order valence-electron chi connectivity index (χ4n) is 1.65. The number of carbonyl (C=O) groups is 1. The Morgan fingerprint density at radius 3 is 3.06 bits per heavy atom. The fourth-order valence-corrected chi connectivity index (χ4v) is 2.64. The molecule has 1 aliphatic rings. The van der Waals surface area contributed by atoms with Gasteiger partial charge < -0.3 is 9.80 Å². The van der Waals surface area contributed by atoms with Crippen molar-refractivity contribution in [1.82, 2.24) is 14.8 Å². The fraction of sp³-hybridized carbons (Fsp3) is 0.400. The van der Waals surface area contributed by atoms with Gasteiger partial charge in [0, 0.05) is 31.2 Å². The van der Waals surface area contributed by atoms with Crippen LogP contribution >= 0.6 is 22.9 Å². The normalized spacial score (nSPS) is 18.3. The van der Waals surface area contributed by atoms with E-state index in [1.807, 2.05) is 0 Å². The molecule has 0 saturated carbocycles.